The molecule has 106 valence electrons. The van der Waals surface area contributed by atoms with E-state index in [0.29, 0.717) is 5.70 Å². The highest BCUT2D eigenvalue weighted by Gasteiger charge is 2.64. The average molecular weight is 278 g/mol. The van der Waals surface area contributed by atoms with Gasteiger partial charge in [-0.05, 0) is 6.92 Å². The molecule has 0 unspecified atom stereocenters. The summed E-state index contributed by atoms with van der Waals surface area (Å²) in [4.78, 5) is 49.3. The Morgan fingerprint density at radius 1 is 1.40 bits per heavy atom. The molecule has 1 atom stereocenters. The molecule has 0 N–H and O–H groups in total. The largest absolute Gasteiger partial charge is 0.422 e. The van der Waals surface area contributed by atoms with Crippen molar-refractivity contribution < 1.29 is 23.9 Å². The quantitative estimate of drug-likeness (QED) is 0.419. The highest BCUT2D eigenvalue weighted by atomic mass is 16.6. The molecule has 0 saturated carbocycles. The van der Waals surface area contributed by atoms with Gasteiger partial charge in [-0.1, -0.05) is 6.08 Å². The lowest BCUT2D eigenvalue weighted by Gasteiger charge is -2.18. The summed E-state index contributed by atoms with van der Waals surface area (Å²) in [5.41, 5.74) is -1.52. The average Bonchev–Trinajstić information content (AvgIpc) is 2.74. The van der Waals surface area contributed by atoms with Gasteiger partial charge in [0.15, 0.2) is 5.78 Å². The molecule has 0 bridgehead atoms. The molecule has 20 heavy (non-hydrogen) atoms. The molecule has 0 aromatic rings. The van der Waals surface area contributed by atoms with E-state index in [1.165, 1.54) is 31.0 Å². The molecule has 7 nitrogen and oxygen atoms in total. The van der Waals surface area contributed by atoms with Gasteiger partial charge in [0, 0.05) is 31.8 Å². The third-order valence-electron chi connectivity index (χ3n) is 3.23. The number of nitrogens with zero attached hydrogens (tertiary/aromatic N) is 2. The van der Waals surface area contributed by atoms with Crippen molar-refractivity contribution in [3.05, 3.63) is 24.4 Å². The number of allylic oxidation sites excluding steroid dienone is 1. The smallest absolute Gasteiger partial charge is 0.417 e. The first-order valence-corrected chi connectivity index (χ1v) is 5.98. The number of carbonyl (C=O) groups is 4. The van der Waals surface area contributed by atoms with Gasteiger partial charge in [0.2, 0.25) is 0 Å². The topological polar surface area (TPSA) is 84.0 Å². The van der Waals surface area contributed by atoms with Crippen LogP contribution >= 0.6 is 0 Å². The lowest BCUT2D eigenvalue weighted by molar-refractivity contribution is -0.149. The standard InChI is InChI=1S/C13H14N2O5/c1-4-5-15-9(6-8(2)16)7-13(11(15)18)10(17)14(3)12(19)20-13/h4,6H,1,5,7H2,2-3H3/b9-6+/t13-/m0/s1. The van der Waals surface area contributed by atoms with Crippen LogP contribution in [0.2, 0.25) is 0 Å². The first-order chi connectivity index (χ1) is 9.33. The van der Waals surface area contributed by atoms with Crippen molar-refractivity contribution in [2.24, 2.45) is 0 Å². The van der Waals surface area contributed by atoms with Crippen LogP contribution in [0.3, 0.4) is 0 Å². The third kappa shape index (κ3) is 1.82. The van der Waals surface area contributed by atoms with Crippen molar-refractivity contribution in [1.29, 1.82) is 0 Å². The van der Waals surface area contributed by atoms with Gasteiger partial charge in [-0.15, -0.1) is 6.58 Å². The van der Waals surface area contributed by atoms with E-state index in [2.05, 4.69) is 6.58 Å². The zero-order valence-corrected chi connectivity index (χ0v) is 11.2. The second-order valence-electron chi connectivity index (χ2n) is 4.69. The zero-order valence-electron chi connectivity index (χ0n) is 11.2. The molecular weight excluding hydrogens is 264 g/mol. The van der Waals surface area contributed by atoms with Crippen LogP contribution in [0.15, 0.2) is 24.4 Å². The molecule has 3 amide bonds. The highest BCUT2D eigenvalue weighted by molar-refractivity contribution is 6.19. The number of ether oxygens (including phenoxy) is 1. The summed E-state index contributed by atoms with van der Waals surface area (Å²) in [7, 11) is 1.25. The molecule has 7 heteroatoms. The summed E-state index contributed by atoms with van der Waals surface area (Å²) >= 11 is 0. The lowest BCUT2D eigenvalue weighted by Crippen LogP contribution is -2.47. The maximum absolute atomic E-state index is 12.4. The first kappa shape index (κ1) is 14.0. The Hall–Kier alpha value is -2.44. The fraction of sp³-hybridized carbons (Fsp3) is 0.385. The molecule has 2 heterocycles. The zero-order chi connectivity index (χ0) is 15.1. The van der Waals surface area contributed by atoms with E-state index in [4.69, 9.17) is 4.74 Å². The van der Waals surface area contributed by atoms with Crippen LogP contribution in [0.1, 0.15) is 13.3 Å². The van der Waals surface area contributed by atoms with Crippen LogP contribution in [-0.4, -0.2) is 52.7 Å². The molecule has 2 aliphatic rings. The molecular formula is C13H14N2O5. The molecule has 2 rings (SSSR count). The predicted molar refractivity (Wildman–Crippen MR) is 67.3 cm³/mol. The Labute approximate surface area is 115 Å². The SMILES string of the molecule is C=CCN1C(=O)[C@@]2(C/C1=C\C(C)=O)OC(=O)N(C)C2=O. The Bertz CT molecular complexity index is 565. The third-order valence-corrected chi connectivity index (χ3v) is 3.23. The minimum absolute atomic E-state index is 0.131. The summed E-state index contributed by atoms with van der Waals surface area (Å²) in [6, 6.07) is 0. The van der Waals surface area contributed by atoms with E-state index in [1.807, 2.05) is 0 Å². The Morgan fingerprint density at radius 2 is 2.05 bits per heavy atom. The maximum Gasteiger partial charge on any atom is 0.417 e. The van der Waals surface area contributed by atoms with E-state index < -0.39 is 23.5 Å². The Balaban J connectivity index is 2.46. The van der Waals surface area contributed by atoms with E-state index in [9.17, 15) is 19.2 Å². The van der Waals surface area contributed by atoms with Gasteiger partial charge in [-0.3, -0.25) is 14.4 Å². The molecule has 0 radical (unpaired) electrons. The highest BCUT2D eigenvalue weighted by Crippen LogP contribution is 2.39. The number of hydrogen-bond acceptors (Lipinski definition) is 5. The van der Waals surface area contributed by atoms with Crippen LogP contribution in [0.4, 0.5) is 4.79 Å². The number of amides is 3. The van der Waals surface area contributed by atoms with Crippen molar-refractivity contribution in [2.45, 2.75) is 18.9 Å². The fourth-order valence-electron chi connectivity index (χ4n) is 2.33. The Kier molecular flexibility index (Phi) is 3.21. The minimum Gasteiger partial charge on any atom is -0.422 e. The minimum atomic E-state index is -1.86. The first-order valence-electron chi connectivity index (χ1n) is 5.98. The second-order valence-corrected chi connectivity index (χ2v) is 4.69. The van der Waals surface area contributed by atoms with Crippen molar-refractivity contribution in [1.82, 2.24) is 9.80 Å². The molecule has 2 saturated heterocycles. The van der Waals surface area contributed by atoms with Gasteiger partial charge >= 0.3 is 6.09 Å². The van der Waals surface area contributed by atoms with Crippen molar-refractivity contribution in [3.8, 4) is 0 Å². The van der Waals surface area contributed by atoms with E-state index in [-0.39, 0.29) is 18.7 Å². The molecule has 2 aliphatic heterocycles. The van der Waals surface area contributed by atoms with E-state index in [1.54, 1.807) is 0 Å². The van der Waals surface area contributed by atoms with Gasteiger partial charge in [0.1, 0.15) is 0 Å². The summed E-state index contributed by atoms with van der Waals surface area (Å²) < 4.78 is 4.99. The predicted octanol–water partition coefficient (Wildman–Crippen LogP) is 0.225. The normalized spacial score (nSPS) is 27.7. The molecule has 2 fully saturated rings. The van der Waals surface area contributed by atoms with Crippen molar-refractivity contribution >= 4 is 23.7 Å². The van der Waals surface area contributed by atoms with Crippen LogP contribution in [0.25, 0.3) is 0 Å². The summed E-state index contributed by atoms with van der Waals surface area (Å²) in [5, 5.41) is 0. The monoisotopic (exact) mass is 278 g/mol. The fourth-order valence-corrected chi connectivity index (χ4v) is 2.33. The van der Waals surface area contributed by atoms with E-state index >= 15 is 0 Å². The van der Waals surface area contributed by atoms with Gasteiger partial charge in [0.25, 0.3) is 17.4 Å². The molecule has 0 aliphatic carbocycles. The lowest BCUT2D eigenvalue weighted by atomic mass is 10.0. The molecule has 0 aromatic heterocycles. The second kappa shape index (κ2) is 4.59. The number of imide groups is 1. The van der Waals surface area contributed by atoms with E-state index in [0.717, 1.165) is 4.90 Å². The summed E-state index contributed by atoms with van der Waals surface area (Å²) in [6.45, 7) is 5.00. The van der Waals surface area contributed by atoms with Crippen LogP contribution in [0, 0.1) is 0 Å². The summed E-state index contributed by atoms with van der Waals surface area (Å²) in [6.07, 6.45) is 1.73. The van der Waals surface area contributed by atoms with Gasteiger partial charge in [0.05, 0.1) is 0 Å². The maximum atomic E-state index is 12.4. The van der Waals surface area contributed by atoms with Crippen LogP contribution in [-0.2, 0) is 19.1 Å². The van der Waals surface area contributed by atoms with Gasteiger partial charge in [-0.25, -0.2) is 9.69 Å². The van der Waals surface area contributed by atoms with Crippen LogP contribution < -0.4 is 0 Å². The van der Waals surface area contributed by atoms with Crippen molar-refractivity contribution in [3.63, 3.8) is 0 Å². The van der Waals surface area contributed by atoms with Gasteiger partial charge in [-0.2, -0.15) is 0 Å². The summed E-state index contributed by atoms with van der Waals surface area (Å²) in [5.74, 6) is -1.62. The Morgan fingerprint density at radius 3 is 2.50 bits per heavy atom. The molecule has 1 spiro atoms. The number of likely N-dealkylation sites (tertiary alicyclic amines) is 1. The molecule has 0 aromatic carbocycles. The number of hydrogen-bond donors (Lipinski definition) is 0. The number of likely N-dealkylation sites (N-methyl/N-ethyl adjacent to an activating group) is 1. The van der Waals surface area contributed by atoms with Gasteiger partial charge < -0.3 is 9.64 Å². The van der Waals surface area contributed by atoms with Crippen molar-refractivity contribution in [2.75, 3.05) is 13.6 Å². The number of rotatable bonds is 3. The number of ketones is 1. The van der Waals surface area contributed by atoms with Crippen LogP contribution in [0.5, 0.6) is 0 Å². The number of carbonyl (C=O) groups excluding carboxylic acids is 4.